The first kappa shape index (κ1) is 11.4. The summed E-state index contributed by atoms with van der Waals surface area (Å²) in [5, 5.41) is 3.79. The van der Waals surface area contributed by atoms with E-state index in [-0.39, 0.29) is 5.72 Å². The molecule has 0 aromatic heterocycles. The molecule has 1 N–H and O–H groups in total. The first-order valence-corrected chi connectivity index (χ1v) is 6.51. The third-order valence-corrected chi connectivity index (χ3v) is 4.42. The first-order chi connectivity index (χ1) is 7.08. The lowest BCUT2D eigenvalue weighted by Gasteiger charge is -2.50. The maximum atomic E-state index is 6.04. The normalized spacial score (nSPS) is 47.0. The molecule has 0 aromatic carbocycles. The third kappa shape index (κ3) is 2.36. The molecule has 0 amide bonds. The quantitative estimate of drug-likeness (QED) is 0.719. The molecule has 0 aromatic rings. The Balaban J connectivity index is 2.02. The summed E-state index contributed by atoms with van der Waals surface area (Å²) >= 11 is 0. The highest BCUT2D eigenvalue weighted by atomic mass is 16.5. The van der Waals surface area contributed by atoms with Crippen LogP contribution >= 0.6 is 0 Å². The van der Waals surface area contributed by atoms with Crippen LogP contribution in [0.3, 0.4) is 0 Å². The second kappa shape index (κ2) is 4.06. The molecule has 0 bridgehead atoms. The van der Waals surface area contributed by atoms with Crippen LogP contribution in [0.5, 0.6) is 0 Å². The van der Waals surface area contributed by atoms with Crippen molar-refractivity contribution in [1.82, 2.24) is 5.32 Å². The standard InChI is InChI=1S/C13H25NO/c1-4-12(3)9-10-15-13(14-12)7-5-11(2)6-8-13/h11,14H,4-10H2,1-3H3. The number of hydrogen-bond acceptors (Lipinski definition) is 2. The average Bonchev–Trinajstić information content (AvgIpc) is 2.23. The molecule has 1 aliphatic heterocycles. The van der Waals surface area contributed by atoms with Crippen LogP contribution in [0, 0.1) is 5.92 Å². The van der Waals surface area contributed by atoms with Gasteiger partial charge in [0.15, 0.2) is 0 Å². The molecular weight excluding hydrogens is 186 g/mol. The molecule has 2 nitrogen and oxygen atoms in total. The van der Waals surface area contributed by atoms with Crippen molar-refractivity contribution in [2.45, 2.75) is 70.6 Å². The van der Waals surface area contributed by atoms with Gasteiger partial charge in [-0.3, -0.25) is 5.32 Å². The van der Waals surface area contributed by atoms with E-state index in [0.29, 0.717) is 5.54 Å². The van der Waals surface area contributed by atoms with Crippen LogP contribution < -0.4 is 5.32 Å². The molecule has 1 unspecified atom stereocenters. The van der Waals surface area contributed by atoms with Gasteiger partial charge in [0.25, 0.3) is 0 Å². The Morgan fingerprint density at radius 3 is 2.53 bits per heavy atom. The fourth-order valence-corrected chi connectivity index (χ4v) is 2.88. The Labute approximate surface area is 93.8 Å². The van der Waals surface area contributed by atoms with Crippen LogP contribution in [0.1, 0.15) is 59.3 Å². The van der Waals surface area contributed by atoms with Gasteiger partial charge in [0, 0.05) is 5.54 Å². The van der Waals surface area contributed by atoms with Crippen molar-refractivity contribution in [3.05, 3.63) is 0 Å². The zero-order valence-electron chi connectivity index (χ0n) is 10.4. The average molecular weight is 211 g/mol. The molecule has 0 radical (unpaired) electrons. The van der Waals surface area contributed by atoms with Crippen LogP contribution in [0.2, 0.25) is 0 Å². The van der Waals surface area contributed by atoms with Gasteiger partial charge in [-0.05, 0) is 51.4 Å². The topological polar surface area (TPSA) is 21.3 Å². The fourth-order valence-electron chi connectivity index (χ4n) is 2.88. The predicted octanol–water partition coefficient (Wildman–Crippen LogP) is 3.07. The highest BCUT2D eigenvalue weighted by molar-refractivity contribution is 4.96. The zero-order chi connectivity index (χ0) is 10.9. The Hall–Kier alpha value is -0.0800. The SMILES string of the molecule is CCC1(C)CCOC2(CCC(C)CC2)N1. The fraction of sp³-hybridized carbons (Fsp3) is 1.00. The van der Waals surface area contributed by atoms with Crippen molar-refractivity contribution in [3.8, 4) is 0 Å². The molecule has 1 aliphatic carbocycles. The maximum absolute atomic E-state index is 6.04. The molecule has 1 saturated heterocycles. The van der Waals surface area contributed by atoms with Gasteiger partial charge >= 0.3 is 0 Å². The summed E-state index contributed by atoms with van der Waals surface area (Å²) in [7, 11) is 0. The van der Waals surface area contributed by atoms with Crippen LogP contribution in [0.15, 0.2) is 0 Å². The van der Waals surface area contributed by atoms with E-state index in [1.54, 1.807) is 0 Å². The Kier molecular flexibility index (Phi) is 3.09. The predicted molar refractivity (Wildman–Crippen MR) is 62.8 cm³/mol. The number of hydrogen-bond donors (Lipinski definition) is 1. The molecule has 2 heteroatoms. The molecular formula is C13H25NO. The van der Waals surface area contributed by atoms with Crippen LogP contribution in [0.25, 0.3) is 0 Å². The molecule has 1 saturated carbocycles. The summed E-state index contributed by atoms with van der Waals surface area (Å²) in [6, 6.07) is 0. The minimum Gasteiger partial charge on any atom is -0.361 e. The van der Waals surface area contributed by atoms with E-state index in [1.165, 1.54) is 32.1 Å². The summed E-state index contributed by atoms with van der Waals surface area (Å²) in [4.78, 5) is 0. The Bertz CT molecular complexity index is 221. The van der Waals surface area contributed by atoms with Gasteiger partial charge in [-0.25, -0.2) is 0 Å². The van der Waals surface area contributed by atoms with E-state index < -0.39 is 0 Å². The van der Waals surface area contributed by atoms with Crippen LogP contribution in [0.4, 0.5) is 0 Å². The minimum absolute atomic E-state index is 0.0233. The number of nitrogens with one attached hydrogen (secondary N) is 1. The van der Waals surface area contributed by atoms with Gasteiger partial charge in [-0.2, -0.15) is 0 Å². The number of ether oxygens (including phenoxy) is 1. The largest absolute Gasteiger partial charge is 0.361 e. The molecule has 1 heterocycles. The third-order valence-electron chi connectivity index (χ3n) is 4.42. The van der Waals surface area contributed by atoms with Gasteiger partial charge in [0.1, 0.15) is 5.72 Å². The summed E-state index contributed by atoms with van der Waals surface area (Å²) in [6.07, 6.45) is 7.38. The highest BCUT2D eigenvalue weighted by Crippen LogP contribution is 2.38. The summed E-state index contributed by atoms with van der Waals surface area (Å²) < 4.78 is 6.04. The van der Waals surface area contributed by atoms with Crippen molar-refractivity contribution in [1.29, 1.82) is 0 Å². The molecule has 2 rings (SSSR count). The lowest BCUT2D eigenvalue weighted by Crippen LogP contribution is -2.63. The second-order valence-corrected chi connectivity index (χ2v) is 5.81. The van der Waals surface area contributed by atoms with Crippen LogP contribution in [-0.2, 0) is 4.74 Å². The minimum atomic E-state index is 0.0233. The van der Waals surface area contributed by atoms with E-state index >= 15 is 0 Å². The van der Waals surface area contributed by atoms with Gasteiger partial charge in [0.2, 0.25) is 0 Å². The van der Waals surface area contributed by atoms with E-state index in [4.69, 9.17) is 4.74 Å². The Morgan fingerprint density at radius 1 is 1.27 bits per heavy atom. The van der Waals surface area contributed by atoms with Gasteiger partial charge in [0.05, 0.1) is 6.61 Å². The lowest BCUT2D eigenvalue weighted by atomic mass is 9.80. The number of rotatable bonds is 1. The van der Waals surface area contributed by atoms with Crippen LogP contribution in [-0.4, -0.2) is 17.9 Å². The monoisotopic (exact) mass is 211 g/mol. The molecule has 2 fully saturated rings. The van der Waals surface area contributed by atoms with E-state index in [9.17, 15) is 0 Å². The van der Waals surface area contributed by atoms with Crippen molar-refractivity contribution in [2.24, 2.45) is 5.92 Å². The van der Waals surface area contributed by atoms with E-state index in [0.717, 1.165) is 18.9 Å². The maximum Gasteiger partial charge on any atom is 0.119 e. The summed E-state index contributed by atoms with van der Waals surface area (Å²) in [5.41, 5.74) is 0.328. The first-order valence-electron chi connectivity index (χ1n) is 6.51. The zero-order valence-corrected chi connectivity index (χ0v) is 10.4. The molecule has 1 spiro atoms. The van der Waals surface area contributed by atoms with Crippen molar-refractivity contribution in [2.75, 3.05) is 6.61 Å². The lowest BCUT2D eigenvalue weighted by molar-refractivity contribution is -0.152. The van der Waals surface area contributed by atoms with Crippen molar-refractivity contribution < 1.29 is 4.74 Å². The van der Waals surface area contributed by atoms with E-state index in [2.05, 4.69) is 26.1 Å². The van der Waals surface area contributed by atoms with Crippen molar-refractivity contribution >= 4 is 0 Å². The molecule has 2 aliphatic rings. The Morgan fingerprint density at radius 2 is 1.93 bits per heavy atom. The highest BCUT2D eigenvalue weighted by Gasteiger charge is 2.43. The summed E-state index contributed by atoms with van der Waals surface area (Å²) in [5.74, 6) is 0.885. The van der Waals surface area contributed by atoms with E-state index in [1.807, 2.05) is 0 Å². The second-order valence-electron chi connectivity index (χ2n) is 5.81. The molecule has 88 valence electrons. The molecule has 1 atom stereocenters. The molecule has 15 heavy (non-hydrogen) atoms. The smallest absolute Gasteiger partial charge is 0.119 e. The van der Waals surface area contributed by atoms with Gasteiger partial charge in [-0.1, -0.05) is 13.8 Å². The van der Waals surface area contributed by atoms with Gasteiger partial charge in [-0.15, -0.1) is 0 Å². The van der Waals surface area contributed by atoms with Crippen molar-refractivity contribution in [3.63, 3.8) is 0 Å². The summed E-state index contributed by atoms with van der Waals surface area (Å²) in [6.45, 7) is 7.91. The van der Waals surface area contributed by atoms with Gasteiger partial charge < -0.3 is 4.74 Å².